The van der Waals surface area contributed by atoms with Crippen LogP contribution in [0.25, 0.3) is 0 Å². The molecule has 0 spiro atoms. The lowest BCUT2D eigenvalue weighted by Gasteiger charge is -2.13. The molecule has 0 heterocycles. The Labute approximate surface area is 107 Å². The van der Waals surface area contributed by atoms with Gasteiger partial charge in [-0.15, -0.1) is 0 Å². The van der Waals surface area contributed by atoms with Crippen molar-refractivity contribution in [1.82, 2.24) is 0 Å². The molecule has 1 aromatic rings. The van der Waals surface area contributed by atoms with Gasteiger partial charge in [0.2, 0.25) is 0 Å². The van der Waals surface area contributed by atoms with E-state index in [1.54, 1.807) is 6.07 Å². The van der Waals surface area contributed by atoms with Gasteiger partial charge in [-0.3, -0.25) is 9.59 Å². The summed E-state index contributed by atoms with van der Waals surface area (Å²) in [5, 5.41) is 8.51. The number of hydrogen-bond acceptors (Lipinski definition) is 3. The molecule has 1 aromatic carbocycles. The minimum absolute atomic E-state index is 0.110. The Balaban J connectivity index is 2.79. The first kappa shape index (κ1) is 14.2. The lowest BCUT2D eigenvalue weighted by molar-refractivity contribution is -0.142. The zero-order chi connectivity index (χ0) is 13.7. The zero-order valence-electron chi connectivity index (χ0n) is 10.9. The molecule has 98 valence electrons. The van der Waals surface area contributed by atoms with E-state index in [9.17, 15) is 9.59 Å². The quantitative estimate of drug-likeness (QED) is 0.644. The average Bonchev–Trinajstić information content (AvgIpc) is 2.26. The monoisotopic (exact) mass is 250 g/mol. The summed E-state index contributed by atoms with van der Waals surface area (Å²) in [6, 6.07) is 5.69. The number of carbonyl (C=O) groups is 2. The molecule has 0 aromatic heterocycles. The Kier molecular flexibility index (Phi) is 4.89. The number of ether oxygens (including phenoxy) is 1. The van der Waals surface area contributed by atoms with E-state index >= 15 is 0 Å². The van der Waals surface area contributed by atoms with Gasteiger partial charge in [0.05, 0.1) is 12.8 Å². The minimum Gasteiger partial charge on any atom is -0.481 e. The molecule has 0 amide bonds. The Morgan fingerprint density at radius 1 is 1.28 bits per heavy atom. The van der Waals surface area contributed by atoms with E-state index in [2.05, 4.69) is 0 Å². The van der Waals surface area contributed by atoms with Crippen LogP contribution in [0.3, 0.4) is 0 Å². The van der Waals surface area contributed by atoms with E-state index in [0.717, 1.165) is 11.1 Å². The number of carboxylic acids is 1. The molecule has 0 saturated carbocycles. The van der Waals surface area contributed by atoms with E-state index in [4.69, 9.17) is 9.84 Å². The molecule has 1 rings (SSSR count). The molecule has 0 bridgehead atoms. The fourth-order valence-corrected chi connectivity index (χ4v) is 1.59. The largest absolute Gasteiger partial charge is 0.481 e. The second-order valence-corrected chi connectivity index (χ2v) is 4.56. The van der Waals surface area contributed by atoms with Crippen molar-refractivity contribution in [1.29, 1.82) is 0 Å². The van der Waals surface area contributed by atoms with E-state index in [1.165, 1.54) is 0 Å². The van der Waals surface area contributed by atoms with Crippen LogP contribution in [0.5, 0.6) is 5.75 Å². The van der Waals surface area contributed by atoms with Crippen molar-refractivity contribution in [3.8, 4) is 5.75 Å². The summed E-state index contributed by atoms with van der Waals surface area (Å²) >= 11 is 0. The van der Waals surface area contributed by atoms with Crippen LogP contribution < -0.4 is 4.74 Å². The molecule has 18 heavy (non-hydrogen) atoms. The lowest BCUT2D eigenvalue weighted by Crippen LogP contribution is -2.11. The molecular formula is C14H18O4. The number of aliphatic carboxylic acids is 1. The molecule has 0 aliphatic carbocycles. The molecule has 4 heteroatoms. The zero-order valence-corrected chi connectivity index (χ0v) is 10.9. The molecule has 4 nitrogen and oxygen atoms in total. The number of rotatable bonds is 5. The second-order valence-electron chi connectivity index (χ2n) is 4.56. The Hall–Kier alpha value is -1.84. The van der Waals surface area contributed by atoms with E-state index in [0.29, 0.717) is 5.75 Å². The fourth-order valence-electron chi connectivity index (χ4n) is 1.59. The van der Waals surface area contributed by atoms with Gasteiger partial charge in [-0.2, -0.15) is 0 Å². The summed E-state index contributed by atoms with van der Waals surface area (Å²) in [6.07, 6.45) is -0.317. The molecule has 0 atom stereocenters. The first-order chi connectivity index (χ1) is 8.40. The third kappa shape index (κ3) is 4.20. The van der Waals surface area contributed by atoms with Gasteiger partial charge >= 0.3 is 11.9 Å². The maximum atomic E-state index is 11.5. The topological polar surface area (TPSA) is 63.6 Å². The smallest absolute Gasteiger partial charge is 0.311 e. The number of carbonyl (C=O) groups excluding carboxylic acids is 1. The number of carboxylic acid groups (broad SMARTS) is 1. The van der Waals surface area contributed by atoms with Gasteiger partial charge in [0.1, 0.15) is 5.75 Å². The molecule has 0 radical (unpaired) electrons. The summed E-state index contributed by atoms with van der Waals surface area (Å²) in [5.74, 6) is -0.738. The van der Waals surface area contributed by atoms with Gasteiger partial charge in [-0.25, -0.2) is 0 Å². The number of benzene rings is 1. The van der Waals surface area contributed by atoms with Crippen LogP contribution in [0, 0.1) is 6.92 Å². The van der Waals surface area contributed by atoms with Crippen molar-refractivity contribution < 1.29 is 19.4 Å². The highest BCUT2D eigenvalue weighted by Crippen LogP contribution is 2.27. The standard InChI is InChI=1S/C14H18O4/c1-9(2)11-5-4-10(3)8-12(11)18-14(17)7-6-13(15)16/h4-5,8-9H,6-7H2,1-3H3,(H,15,16). The normalized spacial score (nSPS) is 10.4. The highest BCUT2D eigenvalue weighted by atomic mass is 16.5. The van der Waals surface area contributed by atoms with Crippen LogP contribution in [0.1, 0.15) is 43.7 Å². The first-order valence-electron chi connectivity index (χ1n) is 5.93. The van der Waals surface area contributed by atoms with E-state index < -0.39 is 11.9 Å². The number of esters is 1. The van der Waals surface area contributed by atoms with Crippen LogP contribution in [0.2, 0.25) is 0 Å². The van der Waals surface area contributed by atoms with Crippen LogP contribution >= 0.6 is 0 Å². The molecule has 0 aliphatic heterocycles. The number of hydrogen-bond donors (Lipinski definition) is 1. The van der Waals surface area contributed by atoms with Crippen LogP contribution in [-0.2, 0) is 9.59 Å². The number of aryl methyl sites for hydroxylation is 1. The van der Waals surface area contributed by atoms with E-state index in [-0.39, 0.29) is 18.8 Å². The second kappa shape index (κ2) is 6.19. The Bertz CT molecular complexity index is 449. The van der Waals surface area contributed by atoms with Gasteiger partial charge < -0.3 is 9.84 Å². The summed E-state index contributed by atoms with van der Waals surface area (Å²) in [5.41, 5.74) is 1.95. The van der Waals surface area contributed by atoms with Gasteiger partial charge in [0.25, 0.3) is 0 Å². The van der Waals surface area contributed by atoms with Gasteiger partial charge in [0, 0.05) is 0 Å². The Morgan fingerprint density at radius 2 is 1.94 bits per heavy atom. The third-order valence-corrected chi connectivity index (χ3v) is 2.56. The Morgan fingerprint density at radius 3 is 2.50 bits per heavy atom. The summed E-state index contributed by atoms with van der Waals surface area (Å²) in [7, 11) is 0. The van der Waals surface area contributed by atoms with Crippen molar-refractivity contribution in [2.75, 3.05) is 0 Å². The van der Waals surface area contributed by atoms with Crippen molar-refractivity contribution in [3.63, 3.8) is 0 Å². The lowest BCUT2D eigenvalue weighted by atomic mass is 10.0. The minimum atomic E-state index is -1.000. The van der Waals surface area contributed by atoms with Crippen LogP contribution in [0.15, 0.2) is 18.2 Å². The maximum absolute atomic E-state index is 11.5. The van der Waals surface area contributed by atoms with Gasteiger partial charge in [-0.05, 0) is 30.0 Å². The molecule has 0 unspecified atom stereocenters. The molecular weight excluding hydrogens is 232 g/mol. The van der Waals surface area contributed by atoms with Gasteiger partial charge in [0.15, 0.2) is 0 Å². The molecule has 0 saturated heterocycles. The first-order valence-corrected chi connectivity index (χ1v) is 5.93. The maximum Gasteiger partial charge on any atom is 0.311 e. The molecule has 0 aliphatic rings. The third-order valence-electron chi connectivity index (χ3n) is 2.56. The van der Waals surface area contributed by atoms with E-state index in [1.807, 2.05) is 32.9 Å². The van der Waals surface area contributed by atoms with Crippen molar-refractivity contribution in [2.45, 2.75) is 39.5 Å². The van der Waals surface area contributed by atoms with Crippen molar-refractivity contribution in [3.05, 3.63) is 29.3 Å². The SMILES string of the molecule is Cc1ccc(C(C)C)c(OC(=O)CCC(=O)O)c1. The predicted molar refractivity (Wildman–Crippen MR) is 67.8 cm³/mol. The molecule has 1 N–H and O–H groups in total. The van der Waals surface area contributed by atoms with Crippen LogP contribution in [-0.4, -0.2) is 17.0 Å². The van der Waals surface area contributed by atoms with Gasteiger partial charge in [-0.1, -0.05) is 26.0 Å². The summed E-state index contributed by atoms with van der Waals surface area (Å²) in [6.45, 7) is 5.94. The van der Waals surface area contributed by atoms with Crippen molar-refractivity contribution >= 4 is 11.9 Å². The highest BCUT2D eigenvalue weighted by Gasteiger charge is 2.13. The summed E-state index contributed by atoms with van der Waals surface area (Å²) < 4.78 is 5.24. The molecule has 0 fully saturated rings. The predicted octanol–water partition coefficient (Wildman–Crippen LogP) is 2.89. The average molecular weight is 250 g/mol. The van der Waals surface area contributed by atoms with Crippen molar-refractivity contribution in [2.24, 2.45) is 0 Å². The summed E-state index contributed by atoms with van der Waals surface area (Å²) in [4.78, 5) is 21.9. The fraction of sp³-hybridized carbons (Fsp3) is 0.429. The highest BCUT2D eigenvalue weighted by molar-refractivity contribution is 5.78. The van der Waals surface area contributed by atoms with Crippen LogP contribution in [0.4, 0.5) is 0 Å².